The first-order valence-corrected chi connectivity index (χ1v) is 9.45. The molecule has 0 bridgehead atoms. The number of aromatic amines is 1. The van der Waals surface area contributed by atoms with Gasteiger partial charge in [-0.3, -0.25) is 9.69 Å². The molecule has 1 fully saturated rings. The largest absolute Gasteiger partial charge is 0.469 e. The standard InChI is InChI=1S/C21H24N2O3/c1-26-21(25)19-15-10-17-20-14(13-4-2-3-5-16(13)22-20)8-9-23(17)11-12(15)6-7-18(19)24/h2-7,12,15,17-19,22,24H,8-11H2,1H3/t12-,15-,17+,18+,19+/m0/s1. The number of methoxy groups -OCH3 is 1. The van der Waals surface area contributed by atoms with Crippen molar-refractivity contribution >= 4 is 16.9 Å². The van der Waals surface area contributed by atoms with Gasteiger partial charge in [0.2, 0.25) is 0 Å². The second-order valence-corrected chi connectivity index (χ2v) is 7.81. The highest BCUT2D eigenvalue weighted by Crippen LogP contribution is 2.47. The normalized spacial score (nSPS) is 33.4. The zero-order valence-electron chi connectivity index (χ0n) is 14.9. The number of para-hydroxylation sites is 1. The number of rotatable bonds is 1. The number of fused-ring (bicyclic) bond motifs is 6. The summed E-state index contributed by atoms with van der Waals surface area (Å²) in [6.07, 6.45) is 5.06. The number of nitrogens with one attached hydrogen (secondary N) is 1. The number of piperidine rings is 1. The minimum atomic E-state index is -0.749. The van der Waals surface area contributed by atoms with Crippen molar-refractivity contribution in [3.8, 4) is 0 Å². The molecule has 5 rings (SSSR count). The maximum Gasteiger partial charge on any atom is 0.311 e. The second-order valence-electron chi connectivity index (χ2n) is 7.81. The summed E-state index contributed by atoms with van der Waals surface area (Å²) in [5, 5.41) is 11.7. The Labute approximate surface area is 152 Å². The third-order valence-electron chi connectivity index (χ3n) is 6.62. The van der Waals surface area contributed by atoms with Crippen LogP contribution in [0.5, 0.6) is 0 Å². The van der Waals surface area contributed by atoms with E-state index in [1.807, 2.05) is 0 Å². The fraction of sp³-hybridized carbons (Fsp3) is 0.476. The molecule has 1 aromatic carbocycles. The number of hydrogen-bond acceptors (Lipinski definition) is 4. The molecule has 2 N–H and O–H groups in total. The molecule has 1 aromatic heterocycles. The van der Waals surface area contributed by atoms with Crippen molar-refractivity contribution in [3.05, 3.63) is 47.7 Å². The Hall–Kier alpha value is -2.11. The summed E-state index contributed by atoms with van der Waals surface area (Å²) in [7, 11) is 1.41. The van der Waals surface area contributed by atoms with Crippen LogP contribution in [0.3, 0.4) is 0 Å². The Bertz CT molecular complexity index is 887. The first kappa shape index (κ1) is 16.1. The summed E-state index contributed by atoms with van der Waals surface area (Å²) >= 11 is 0. The average Bonchev–Trinajstić information content (AvgIpc) is 3.05. The van der Waals surface area contributed by atoms with Gasteiger partial charge in [0.05, 0.1) is 25.2 Å². The number of aliphatic hydroxyl groups is 1. The van der Waals surface area contributed by atoms with Crippen LogP contribution in [0, 0.1) is 17.8 Å². The average molecular weight is 352 g/mol. The highest BCUT2D eigenvalue weighted by atomic mass is 16.5. The molecule has 1 saturated heterocycles. The van der Waals surface area contributed by atoms with Gasteiger partial charge in [0, 0.05) is 29.7 Å². The lowest BCUT2D eigenvalue weighted by atomic mass is 9.67. The summed E-state index contributed by atoms with van der Waals surface area (Å²) < 4.78 is 5.01. The molecule has 26 heavy (non-hydrogen) atoms. The first-order valence-electron chi connectivity index (χ1n) is 9.45. The van der Waals surface area contributed by atoms with E-state index < -0.39 is 12.0 Å². The van der Waals surface area contributed by atoms with Gasteiger partial charge in [-0.25, -0.2) is 0 Å². The SMILES string of the molecule is COC(=O)[C@@H]1[C@H]2C[C@@H]3c4[nH]c5ccccc5c4CCN3C[C@@H]2C=C[C@H]1O. The fourth-order valence-corrected chi connectivity index (χ4v) is 5.39. The van der Waals surface area contributed by atoms with E-state index in [4.69, 9.17) is 4.74 Å². The molecule has 0 unspecified atom stereocenters. The Kier molecular flexibility index (Phi) is 3.69. The van der Waals surface area contributed by atoms with E-state index in [0.29, 0.717) is 5.92 Å². The molecule has 5 heteroatoms. The van der Waals surface area contributed by atoms with Crippen molar-refractivity contribution in [1.82, 2.24) is 9.88 Å². The van der Waals surface area contributed by atoms with Crippen molar-refractivity contribution in [3.63, 3.8) is 0 Å². The molecule has 0 amide bonds. The third kappa shape index (κ3) is 2.27. The van der Waals surface area contributed by atoms with Gasteiger partial charge in [0.1, 0.15) is 0 Å². The lowest BCUT2D eigenvalue weighted by Gasteiger charge is -2.49. The number of hydrogen-bond donors (Lipinski definition) is 2. The van der Waals surface area contributed by atoms with E-state index in [9.17, 15) is 9.90 Å². The molecule has 0 radical (unpaired) electrons. The molecule has 0 saturated carbocycles. The van der Waals surface area contributed by atoms with Crippen LogP contribution in [0.15, 0.2) is 36.4 Å². The third-order valence-corrected chi connectivity index (χ3v) is 6.62. The quantitative estimate of drug-likeness (QED) is 0.611. The minimum absolute atomic E-state index is 0.112. The van der Waals surface area contributed by atoms with Crippen LogP contribution < -0.4 is 0 Å². The van der Waals surface area contributed by atoms with Crippen molar-refractivity contribution in [1.29, 1.82) is 0 Å². The number of carbonyl (C=O) groups is 1. The van der Waals surface area contributed by atoms with E-state index in [1.54, 1.807) is 6.08 Å². The molecule has 3 aliphatic rings. The fourth-order valence-electron chi connectivity index (χ4n) is 5.39. The van der Waals surface area contributed by atoms with Crippen LogP contribution in [-0.4, -0.2) is 47.3 Å². The predicted molar refractivity (Wildman–Crippen MR) is 98.6 cm³/mol. The topological polar surface area (TPSA) is 65.6 Å². The summed E-state index contributed by atoms with van der Waals surface area (Å²) in [5.74, 6) is -0.351. The van der Waals surface area contributed by atoms with Gasteiger partial charge < -0.3 is 14.8 Å². The highest BCUT2D eigenvalue weighted by molar-refractivity contribution is 5.85. The molecular formula is C21H24N2O3. The van der Waals surface area contributed by atoms with E-state index in [2.05, 4.69) is 40.2 Å². The number of H-pyrrole nitrogens is 1. The smallest absolute Gasteiger partial charge is 0.311 e. The molecule has 0 spiro atoms. The lowest BCUT2D eigenvalue weighted by Crippen LogP contribution is -2.51. The van der Waals surface area contributed by atoms with Gasteiger partial charge in [-0.1, -0.05) is 30.4 Å². The monoisotopic (exact) mass is 352 g/mol. The van der Waals surface area contributed by atoms with Gasteiger partial charge in [0.15, 0.2) is 0 Å². The summed E-state index contributed by atoms with van der Waals surface area (Å²) in [5.41, 5.74) is 3.90. The van der Waals surface area contributed by atoms with Crippen molar-refractivity contribution in [2.75, 3.05) is 20.2 Å². The van der Waals surface area contributed by atoms with Crippen molar-refractivity contribution < 1.29 is 14.6 Å². The van der Waals surface area contributed by atoms with Crippen molar-refractivity contribution in [2.45, 2.75) is 25.0 Å². The van der Waals surface area contributed by atoms with Crippen LogP contribution in [0.1, 0.15) is 23.7 Å². The molecule has 5 nitrogen and oxygen atoms in total. The maximum absolute atomic E-state index is 12.3. The zero-order chi connectivity index (χ0) is 17.8. The Morgan fingerprint density at radius 2 is 2.15 bits per heavy atom. The van der Waals surface area contributed by atoms with Gasteiger partial charge in [-0.15, -0.1) is 0 Å². The number of ether oxygens (including phenoxy) is 1. The number of benzene rings is 1. The molecule has 3 heterocycles. The minimum Gasteiger partial charge on any atom is -0.469 e. The zero-order valence-corrected chi connectivity index (χ0v) is 14.9. The van der Waals surface area contributed by atoms with E-state index >= 15 is 0 Å². The lowest BCUT2D eigenvalue weighted by molar-refractivity contribution is -0.154. The first-order chi connectivity index (χ1) is 12.7. The van der Waals surface area contributed by atoms with Crippen LogP contribution in [0.4, 0.5) is 0 Å². The van der Waals surface area contributed by atoms with Gasteiger partial charge >= 0.3 is 5.97 Å². The van der Waals surface area contributed by atoms with Crippen LogP contribution in [-0.2, 0) is 16.0 Å². The Morgan fingerprint density at radius 3 is 3.00 bits per heavy atom. The number of aliphatic hydroxyl groups excluding tert-OH is 1. The summed E-state index contributed by atoms with van der Waals surface area (Å²) in [4.78, 5) is 18.5. The molecular weight excluding hydrogens is 328 g/mol. The summed E-state index contributed by atoms with van der Waals surface area (Å²) in [6.45, 7) is 1.98. The van der Waals surface area contributed by atoms with Crippen LogP contribution in [0.2, 0.25) is 0 Å². The highest BCUT2D eigenvalue weighted by Gasteiger charge is 2.47. The number of esters is 1. The van der Waals surface area contributed by atoms with Crippen molar-refractivity contribution in [2.24, 2.45) is 17.8 Å². The molecule has 5 atom stereocenters. The summed E-state index contributed by atoms with van der Waals surface area (Å²) in [6, 6.07) is 8.76. The molecule has 1 aliphatic carbocycles. The molecule has 2 aliphatic heterocycles. The molecule has 2 aromatic rings. The van der Waals surface area contributed by atoms with Gasteiger partial charge in [-0.05, 0) is 36.3 Å². The van der Waals surface area contributed by atoms with Gasteiger partial charge in [-0.2, -0.15) is 0 Å². The predicted octanol–water partition coefficient (Wildman–Crippen LogP) is 2.42. The van der Waals surface area contributed by atoms with Crippen LogP contribution in [0.25, 0.3) is 10.9 Å². The Balaban J connectivity index is 1.54. The van der Waals surface area contributed by atoms with Crippen LogP contribution >= 0.6 is 0 Å². The molecule has 136 valence electrons. The maximum atomic E-state index is 12.3. The Morgan fingerprint density at radius 1 is 1.31 bits per heavy atom. The van der Waals surface area contributed by atoms with E-state index in [-0.39, 0.29) is 17.9 Å². The number of aromatic nitrogens is 1. The second kappa shape index (κ2) is 5.96. The number of carbonyl (C=O) groups excluding carboxylic acids is 1. The van der Waals surface area contributed by atoms with E-state index in [1.165, 1.54) is 29.3 Å². The number of nitrogens with zero attached hydrogens (tertiary/aromatic N) is 1. The van der Waals surface area contributed by atoms with E-state index in [0.717, 1.165) is 25.9 Å². The van der Waals surface area contributed by atoms with Gasteiger partial charge in [0.25, 0.3) is 0 Å².